The monoisotopic (exact) mass is 505 g/mol. The fourth-order valence-corrected chi connectivity index (χ4v) is 5.98. The number of hydrogen-bond donors (Lipinski definition) is 2. The topological polar surface area (TPSA) is 95.6 Å². The number of hydrogen-bond acceptors (Lipinski definition) is 4. The summed E-state index contributed by atoms with van der Waals surface area (Å²) in [5, 5.41) is 5.67. The molecule has 1 aliphatic heterocycles. The molecule has 2 amide bonds. The van der Waals surface area contributed by atoms with Crippen molar-refractivity contribution in [2.24, 2.45) is 0 Å². The largest absolute Gasteiger partial charge is 0.352 e. The van der Waals surface area contributed by atoms with Crippen LogP contribution in [0.4, 0.5) is 5.69 Å². The van der Waals surface area contributed by atoms with Gasteiger partial charge in [-0.3, -0.25) is 9.59 Å². The van der Waals surface area contributed by atoms with Gasteiger partial charge < -0.3 is 10.6 Å². The lowest BCUT2D eigenvalue weighted by atomic mass is 9.92. The second-order valence-corrected chi connectivity index (χ2v) is 10.9. The molecule has 3 aromatic carbocycles. The van der Waals surface area contributed by atoms with E-state index in [0.717, 1.165) is 22.3 Å². The number of carbonyl (C=O) groups excluding carboxylic acids is 2. The van der Waals surface area contributed by atoms with Gasteiger partial charge in [-0.2, -0.15) is 4.31 Å². The predicted molar refractivity (Wildman–Crippen MR) is 140 cm³/mol. The van der Waals surface area contributed by atoms with Gasteiger partial charge in [-0.1, -0.05) is 61.0 Å². The van der Waals surface area contributed by atoms with E-state index < -0.39 is 16.1 Å². The number of carbonyl (C=O) groups is 2. The molecule has 1 heterocycles. The van der Waals surface area contributed by atoms with Crippen molar-refractivity contribution in [3.63, 3.8) is 0 Å². The number of nitrogens with one attached hydrogen (secondary N) is 2. The highest BCUT2D eigenvalue weighted by molar-refractivity contribution is 7.89. The van der Waals surface area contributed by atoms with E-state index >= 15 is 0 Å². The van der Waals surface area contributed by atoms with E-state index in [1.54, 1.807) is 19.1 Å². The standard InChI is InChI=1S/C28H31N3O4S/c1-3-27(32)30-23-12-14-24(15-13-23)36(34,35)31-17-16-22-6-4-5-7-25(22)26(31)18-28(33)29-19-21-10-8-20(2)9-11-21/h4-15,26H,3,16-19H2,1-2H3,(H,29,33)(H,30,32)/t26-/m1/s1. The number of sulfonamides is 1. The third-order valence-corrected chi connectivity index (χ3v) is 8.34. The first-order valence-corrected chi connectivity index (χ1v) is 13.5. The fraction of sp³-hybridized carbons (Fsp3) is 0.286. The van der Waals surface area contributed by atoms with E-state index in [-0.39, 0.29) is 29.7 Å². The number of nitrogens with zero attached hydrogens (tertiary/aromatic N) is 1. The summed E-state index contributed by atoms with van der Waals surface area (Å²) < 4.78 is 28.8. The van der Waals surface area contributed by atoms with E-state index in [2.05, 4.69) is 10.6 Å². The molecule has 0 saturated carbocycles. The van der Waals surface area contributed by atoms with E-state index in [0.29, 0.717) is 25.1 Å². The maximum Gasteiger partial charge on any atom is 0.243 e. The van der Waals surface area contributed by atoms with E-state index in [1.807, 2.05) is 55.5 Å². The van der Waals surface area contributed by atoms with Crippen LogP contribution in [0.15, 0.2) is 77.7 Å². The van der Waals surface area contributed by atoms with Crippen molar-refractivity contribution in [3.8, 4) is 0 Å². The number of fused-ring (bicyclic) bond motifs is 1. The number of rotatable bonds is 8. The molecule has 36 heavy (non-hydrogen) atoms. The zero-order valence-corrected chi connectivity index (χ0v) is 21.3. The fourth-order valence-electron chi connectivity index (χ4n) is 4.38. The zero-order chi connectivity index (χ0) is 25.7. The first-order valence-electron chi connectivity index (χ1n) is 12.1. The molecule has 0 unspecified atom stereocenters. The average Bonchev–Trinajstić information content (AvgIpc) is 2.88. The molecule has 8 heteroatoms. The molecule has 0 fully saturated rings. The van der Waals surface area contributed by atoms with Gasteiger partial charge in [0.25, 0.3) is 0 Å². The van der Waals surface area contributed by atoms with Gasteiger partial charge in [-0.05, 0) is 54.3 Å². The molecule has 0 bridgehead atoms. The summed E-state index contributed by atoms with van der Waals surface area (Å²) in [5.41, 5.74) is 4.57. The maximum atomic E-state index is 13.7. The normalized spacial score (nSPS) is 15.7. The van der Waals surface area contributed by atoms with Crippen LogP contribution in [0.2, 0.25) is 0 Å². The smallest absolute Gasteiger partial charge is 0.243 e. The van der Waals surface area contributed by atoms with Gasteiger partial charge in [0.2, 0.25) is 21.8 Å². The molecule has 3 aromatic rings. The van der Waals surface area contributed by atoms with Crippen molar-refractivity contribution in [1.29, 1.82) is 0 Å². The van der Waals surface area contributed by atoms with Crippen LogP contribution in [-0.4, -0.2) is 31.1 Å². The van der Waals surface area contributed by atoms with E-state index in [9.17, 15) is 18.0 Å². The molecule has 0 radical (unpaired) electrons. The summed E-state index contributed by atoms with van der Waals surface area (Å²) in [6.07, 6.45) is 0.926. The zero-order valence-electron chi connectivity index (χ0n) is 20.5. The quantitative estimate of drug-likeness (QED) is 0.476. The summed E-state index contributed by atoms with van der Waals surface area (Å²) in [6.45, 7) is 4.42. The molecular weight excluding hydrogens is 474 g/mol. The summed E-state index contributed by atoms with van der Waals surface area (Å²) in [4.78, 5) is 24.8. The van der Waals surface area contributed by atoms with Gasteiger partial charge in [-0.15, -0.1) is 0 Å². The van der Waals surface area contributed by atoms with Gasteiger partial charge >= 0.3 is 0 Å². The lowest BCUT2D eigenvalue weighted by Crippen LogP contribution is -2.42. The Kier molecular flexibility index (Phi) is 7.86. The predicted octanol–water partition coefficient (Wildman–Crippen LogP) is 4.34. The third kappa shape index (κ3) is 5.83. The Hall–Kier alpha value is -3.49. The molecule has 2 N–H and O–H groups in total. The van der Waals surface area contributed by atoms with Gasteiger partial charge in [0, 0.05) is 31.6 Å². The average molecular weight is 506 g/mol. The molecule has 0 aromatic heterocycles. The van der Waals surface area contributed by atoms with Crippen molar-refractivity contribution < 1.29 is 18.0 Å². The van der Waals surface area contributed by atoms with Crippen LogP contribution in [0.3, 0.4) is 0 Å². The Bertz CT molecular complexity index is 1340. The minimum atomic E-state index is -3.88. The molecule has 188 valence electrons. The van der Waals surface area contributed by atoms with Crippen LogP contribution in [0, 0.1) is 6.92 Å². The summed E-state index contributed by atoms with van der Waals surface area (Å²) in [6, 6.07) is 21.2. The highest BCUT2D eigenvalue weighted by Gasteiger charge is 2.37. The number of amides is 2. The highest BCUT2D eigenvalue weighted by Crippen LogP contribution is 2.36. The molecule has 7 nitrogen and oxygen atoms in total. The van der Waals surface area contributed by atoms with Crippen molar-refractivity contribution in [2.45, 2.75) is 50.6 Å². The van der Waals surface area contributed by atoms with Crippen LogP contribution in [0.1, 0.15) is 48.1 Å². The highest BCUT2D eigenvalue weighted by atomic mass is 32.2. The number of anilines is 1. The van der Waals surface area contributed by atoms with Gasteiger partial charge in [0.05, 0.1) is 10.9 Å². The minimum Gasteiger partial charge on any atom is -0.352 e. The molecule has 1 atom stereocenters. The van der Waals surface area contributed by atoms with Crippen molar-refractivity contribution in [2.75, 3.05) is 11.9 Å². The van der Waals surface area contributed by atoms with Crippen molar-refractivity contribution in [3.05, 3.63) is 95.1 Å². The second kappa shape index (κ2) is 11.1. The Labute approximate surface area is 212 Å². The first kappa shape index (κ1) is 25.6. The van der Waals surface area contributed by atoms with Crippen LogP contribution >= 0.6 is 0 Å². The van der Waals surface area contributed by atoms with E-state index in [4.69, 9.17) is 0 Å². The molecule has 0 spiro atoms. The second-order valence-electron chi connectivity index (χ2n) is 8.97. The lowest BCUT2D eigenvalue weighted by molar-refractivity contribution is -0.122. The third-order valence-electron chi connectivity index (χ3n) is 6.42. The number of aryl methyl sites for hydroxylation is 1. The Morgan fingerprint density at radius 3 is 2.33 bits per heavy atom. The van der Waals surface area contributed by atoms with Gasteiger partial charge in [0.15, 0.2) is 0 Å². The molecular formula is C28H31N3O4S. The van der Waals surface area contributed by atoms with Gasteiger partial charge in [0.1, 0.15) is 0 Å². The Balaban J connectivity index is 1.56. The summed E-state index contributed by atoms with van der Waals surface area (Å²) in [5.74, 6) is -0.356. The van der Waals surface area contributed by atoms with Crippen LogP contribution in [-0.2, 0) is 32.6 Å². The lowest BCUT2D eigenvalue weighted by Gasteiger charge is -2.36. The van der Waals surface area contributed by atoms with Gasteiger partial charge in [-0.25, -0.2) is 8.42 Å². The summed E-state index contributed by atoms with van der Waals surface area (Å²) in [7, 11) is -3.88. The minimum absolute atomic E-state index is 0.0206. The first-order chi connectivity index (χ1) is 17.3. The van der Waals surface area contributed by atoms with E-state index in [1.165, 1.54) is 16.4 Å². The molecule has 4 rings (SSSR count). The summed E-state index contributed by atoms with van der Waals surface area (Å²) >= 11 is 0. The van der Waals surface area contributed by atoms with Crippen LogP contribution in [0.25, 0.3) is 0 Å². The molecule has 0 saturated heterocycles. The van der Waals surface area contributed by atoms with Crippen molar-refractivity contribution in [1.82, 2.24) is 9.62 Å². The Morgan fingerprint density at radius 2 is 1.64 bits per heavy atom. The SMILES string of the molecule is CCC(=O)Nc1ccc(S(=O)(=O)N2CCc3ccccc3[C@H]2CC(=O)NCc2ccc(C)cc2)cc1. The number of benzene rings is 3. The molecule has 1 aliphatic rings. The Morgan fingerprint density at radius 1 is 0.944 bits per heavy atom. The van der Waals surface area contributed by atoms with Crippen LogP contribution < -0.4 is 10.6 Å². The van der Waals surface area contributed by atoms with Crippen LogP contribution in [0.5, 0.6) is 0 Å². The van der Waals surface area contributed by atoms with Crippen molar-refractivity contribution >= 4 is 27.5 Å². The molecule has 0 aliphatic carbocycles. The maximum absolute atomic E-state index is 13.7.